The lowest BCUT2D eigenvalue weighted by Crippen LogP contribution is -2.24. The zero-order chi connectivity index (χ0) is 14.4. The van der Waals surface area contributed by atoms with Crippen LogP contribution >= 0.6 is 11.3 Å². The number of nitrogen functional groups attached to an aromatic ring is 1. The van der Waals surface area contributed by atoms with Crippen LogP contribution in [0.4, 0.5) is 11.4 Å². The van der Waals surface area contributed by atoms with E-state index in [0.717, 1.165) is 30.0 Å². The maximum absolute atomic E-state index is 12.0. The van der Waals surface area contributed by atoms with E-state index in [4.69, 9.17) is 5.73 Å². The monoisotopic (exact) mass is 299 g/mol. The Hall–Kier alpha value is -2.41. The maximum atomic E-state index is 12.0. The highest BCUT2D eigenvalue weighted by molar-refractivity contribution is 7.14. The molecule has 0 amide bonds. The van der Waals surface area contributed by atoms with E-state index in [1.54, 1.807) is 11.6 Å². The Kier molecular flexibility index (Phi) is 2.68. The normalized spacial score (nSPS) is 13.8. The molecule has 3 aromatic rings. The van der Waals surface area contributed by atoms with Crippen molar-refractivity contribution in [2.45, 2.75) is 13.0 Å². The average molecular weight is 299 g/mol. The topological polar surface area (TPSA) is 76.5 Å². The van der Waals surface area contributed by atoms with Gasteiger partial charge in [-0.3, -0.25) is 4.79 Å². The number of hydrogen-bond donors (Lipinski definition) is 1. The van der Waals surface area contributed by atoms with Gasteiger partial charge in [-0.2, -0.15) is 9.61 Å². The van der Waals surface area contributed by atoms with E-state index in [-0.39, 0.29) is 5.56 Å². The van der Waals surface area contributed by atoms with E-state index in [1.165, 1.54) is 21.4 Å². The summed E-state index contributed by atoms with van der Waals surface area (Å²) in [6.07, 6.45) is 0.974. The SMILES string of the molecule is Nc1cccc2c1N(Cc1cc(=O)n3ncsc3n1)CC2. The second kappa shape index (κ2) is 4.56. The summed E-state index contributed by atoms with van der Waals surface area (Å²) in [5.74, 6) is 0. The average Bonchev–Trinajstić information content (AvgIpc) is 3.07. The number of aromatic nitrogens is 3. The Morgan fingerprint density at radius 3 is 3.19 bits per heavy atom. The summed E-state index contributed by atoms with van der Waals surface area (Å²) < 4.78 is 1.32. The number of hydrogen-bond acceptors (Lipinski definition) is 6. The summed E-state index contributed by atoms with van der Waals surface area (Å²) in [6, 6.07) is 7.53. The van der Waals surface area contributed by atoms with Crippen molar-refractivity contribution in [1.82, 2.24) is 14.6 Å². The predicted octanol–water partition coefficient (Wildman–Crippen LogP) is 1.30. The summed E-state index contributed by atoms with van der Waals surface area (Å²) in [5.41, 5.74) is 11.4. The van der Waals surface area contributed by atoms with Crippen LogP contribution in [0.2, 0.25) is 0 Å². The van der Waals surface area contributed by atoms with E-state index in [2.05, 4.69) is 21.0 Å². The highest BCUT2D eigenvalue weighted by Crippen LogP contribution is 2.34. The molecule has 2 aromatic heterocycles. The van der Waals surface area contributed by atoms with Crippen molar-refractivity contribution in [2.24, 2.45) is 0 Å². The van der Waals surface area contributed by atoms with Gasteiger partial charge in [-0.1, -0.05) is 23.5 Å². The second-order valence-electron chi connectivity index (χ2n) is 5.05. The molecule has 0 aliphatic carbocycles. The molecular weight excluding hydrogens is 286 g/mol. The van der Waals surface area contributed by atoms with Gasteiger partial charge in [-0.25, -0.2) is 4.98 Å². The molecule has 4 rings (SSSR count). The Balaban J connectivity index is 1.72. The Labute approximate surface area is 124 Å². The van der Waals surface area contributed by atoms with Gasteiger partial charge in [-0.15, -0.1) is 0 Å². The number of anilines is 2. The standard InChI is InChI=1S/C14H13N5OS/c15-11-3-1-2-9-4-5-18(13(9)11)7-10-6-12(20)19-14(17-10)21-8-16-19/h1-3,6,8H,4-5,7,15H2. The molecule has 1 aliphatic heterocycles. The molecule has 0 saturated heterocycles. The first kappa shape index (κ1) is 12.3. The number of benzene rings is 1. The van der Waals surface area contributed by atoms with Crippen molar-refractivity contribution in [2.75, 3.05) is 17.2 Å². The highest BCUT2D eigenvalue weighted by Gasteiger charge is 2.22. The van der Waals surface area contributed by atoms with Crippen LogP contribution in [0.5, 0.6) is 0 Å². The molecule has 0 saturated carbocycles. The summed E-state index contributed by atoms with van der Waals surface area (Å²) in [7, 11) is 0. The summed E-state index contributed by atoms with van der Waals surface area (Å²) in [4.78, 5) is 19.3. The van der Waals surface area contributed by atoms with Crippen molar-refractivity contribution in [1.29, 1.82) is 0 Å². The number of nitrogens with zero attached hydrogens (tertiary/aromatic N) is 4. The van der Waals surface area contributed by atoms with Gasteiger partial charge < -0.3 is 10.6 Å². The molecule has 0 spiro atoms. The molecule has 2 N–H and O–H groups in total. The fourth-order valence-electron chi connectivity index (χ4n) is 2.80. The molecule has 0 atom stereocenters. The minimum Gasteiger partial charge on any atom is -0.397 e. The molecule has 1 aromatic carbocycles. The van der Waals surface area contributed by atoms with Gasteiger partial charge in [0.05, 0.1) is 23.6 Å². The molecule has 7 heteroatoms. The Morgan fingerprint density at radius 1 is 1.38 bits per heavy atom. The Morgan fingerprint density at radius 2 is 2.29 bits per heavy atom. The van der Waals surface area contributed by atoms with Crippen molar-refractivity contribution >= 4 is 27.7 Å². The van der Waals surface area contributed by atoms with E-state index in [1.807, 2.05) is 12.1 Å². The molecular formula is C14H13N5OS. The Bertz CT molecular complexity index is 884. The van der Waals surface area contributed by atoms with E-state index in [0.29, 0.717) is 11.5 Å². The van der Waals surface area contributed by atoms with Crippen LogP contribution in [-0.4, -0.2) is 21.1 Å². The minimum atomic E-state index is -0.142. The van der Waals surface area contributed by atoms with Crippen molar-refractivity contribution in [3.05, 3.63) is 51.4 Å². The molecule has 21 heavy (non-hydrogen) atoms. The fourth-order valence-corrected chi connectivity index (χ4v) is 3.44. The van der Waals surface area contributed by atoms with Crippen molar-refractivity contribution < 1.29 is 0 Å². The zero-order valence-electron chi connectivity index (χ0n) is 11.2. The molecule has 1 aliphatic rings. The van der Waals surface area contributed by atoms with Crippen LogP contribution in [0.25, 0.3) is 4.96 Å². The van der Waals surface area contributed by atoms with E-state index in [9.17, 15) is 4.79 Å². The van der Waals surface area contributed by atoms with Crippen LogP contribution in [0.1, 0.15) is 11.3 Å². The van der Waals surface area contributed by atoms with Gasteiger partial charge in [0.2, 0.25) is 4.96 Å². The van der Waals surface area contributed by atoms with Crippen molar-refractivity contribution in [3.8, 4) is 0 Å². The molecule has 0 fully saturated rings. The van der Waals surface area contributed by atoms with Gasteiger partial charge in [0, 0.05) is 12.6 Å². The maximum Gasteiger partial charge on any atom is 0.275 e. The number of fused-ring (bicyclic) bond motifs is 2. The first-order valence-corrected chi connectivity index (χ1v) is 7.55. The molecule has 0 bridgehead atoms. The summed E-state index contributed by atoms with van der Waals surface area (Å²) in [6.45, 7) is 1.48. The molecule has 0 unspecified atom stereocenters. The number of rotatable bonds is 2. The lowest BCUT2D eigenvalue weighted by molar-refractivity contribution is 0.800. The lowest BCUT2D eigenvalue weighted by Gasteiger charge is -2.20. The van der Waals surface area contributed by atoms with Crippen LogP contribution in [0.3, 0.4) is 0 Å². The van der Waals surface area contributed by atoms with E-state index < -0.39 is 0 Å². The minimum absolute atomic E-state index is 0.142. The third-order valence-corrected chi connectivity index (χ3v) is 4.39. The van der Waals surface area contributed by atoms with Crippen molar-refractivity contribution in [3.63, 3.8) is 0 Å². The summed E-state index contributed by atoms with van der Waals surface area (Å²) in [5, 5.41) is 3.97. The summed E-state index contributed by atoms with van der Waals surface area (Å²) >= 11 is 1.36. The van der Waals surface area contributed by atoms with Gasteiger partial charge >= 0.3 is 0 Å². The van der Waals surface area contributed by atoms with Gasteiger partial charge in [0.15, 0.2) is 0 Å². The lowest BCUT2D eigenvalue weighted by atomic mass is 10.1. The molecule has 106 valence electrons. The largest absolute Gasteiger partial charge is 0.397 e. The fraction of sp³-hybridized carbons (Fsp3) is 0.214. The predicted molar refractivity (Wildman–Crippen MR) is 82.7 cm³/mol. The van der Waals surface area contributed by atoms with E-state index >= 15 is 0 Å². The van der Waals surface area contributed by atoms with Gasteiger partial charge in [0.25, 0.3) is 5.56 Å². The van der Waals surface area contributed by atoms with Crippen LogP contribution in [0.15, 0.2) is 34.6 Å². The number of nitrogens with two attached hydrogens (primary N) is 1. The number of para-hydroxylation sites is 1. The molecule has 3 heterocycles. The first-order chi connectivity index (χ1) is 10.2. The first-order valence-electron chi connectivity index (χ1n) is 6.67. The highest BCUT2D eigenvalue weighted by atomic mass is 32.1. The van der Waals surface area contributed by atoms with Gasteiger partial charge in [0.1, 0.15) is 5.51 Å². The molecule has 6 nitrogen and oxygen atoms in total. The van der Waals surface area contributed by atoms with Gasteiger partial charge in [-0.05, 0) is 18.1 Å². The smallest absolute Gasteiger partial charge is 0.275 e. The second-order valence-corrected chi connectivity index (χ2v) is 5.86. The third-order valence-electron chi connectivity index (χ3n) is 3.71. The molecule has 0 radical (unpaired) electrons. The van der Waals surface area contributed by atoms with Crippen LogP contribution < -0.4 is 16.2 Å². The third kappa shape index (κ3) is 1.97. The van der Waals surface area contributed by atoms with Crippen LogP contribution in [0, 0.1) is 0 Å². The van der Waals surface area contributed by atoms with Crippen LogP contribution in [-0.2, 0) is 13.0 Å². The quantitative estimate of drug-likeness (QED) is 0.722. The zero-order valence-corrected chi connectivity index (χ0v) is 12.0.